The molecule has 28 heavy (non-hydrogen) atoms. The number of nitrogens with one attached hydrogen (secondary N) is 1. The first-order valence-electron chi connectivity index (χ1n) is 8.49. The molecule has 5 nitrogen and oxygen atoms in total. The van der Waals surface area contributed by atoms with E-state index < -0.39 is 10.0 Å². The van der Waals surface area contributed by atoms with Crippen molar-refractivity contribution in [1.29, 1.82) is 0 Å². The minimum absolute atomic E-state index is 0.101. The van der Waals surface area contributed by atoms with Crippen molar-refractivity contribution >= 4 is 37.5 Å². The summed E-state index contributed by atoms with van der Waals surface area (Å²) in [7, 11) is -3.92. The first-order valence-corrected chi connectivity index (χ1v) is 10.7. The second-order valence-electron chi connectivity index (χ2n) is 6.31. The average Bonchev–Trinajstić information content (AvgIpc) is 2.66. The fraction of sp³-hybridized carbons (Fsp3) is 0.0952. The number of sulfonamides is 1. The van der Waals surface area contributed by atoms with E-state index in [9.17, 15) is 13.5 Å². The zero-order valence-corrected chi connectivity index (χ0v) is 17.8. The van der Waals surface area contributed by atoms with E-state index in [4.69, 9.17) is 0 Å². The summed E-state index contributed by atoms with van der Waals surface area (Å²) in [5.41, 5.74) is 2.75. The normalized spacial score (nSPS) is 12.0. The van der Waals surface area contributed by atoms with Gasteiger partial charge in [0.2, 0.25) is 0 Å². The molecule has 0 saturated carbocycles. The molecule has 0 radical (unpaired) electrons. The summed E-state index contributed by atoms with van der Waals surface area (Å²) in [5.74, 6) is 0.389. The summed E-state index contributed by atoms with van der Waals surface area (Å²) >= 11 is 3.30. The molecule has 0 saturated heterocycles. The van der Waals surface area contributed by atoms with E-state index in [0.717, 1.165) is 10.0 Å². The van der Waals surface area contributed by atoms with Crippen LogP contribution in [0.5, 0.6) is 5.75 Å². The molecule has 3 aromatic rings. The number of phenolic OH excluding ortho intramolecular Hbond substituents is 1. The molecule has 3 aromatic carbocycles. The fourth-order valence-electron chi connectivity index (χ4n) is 2.59. The Kier molecular flexibility index (Phi) is 5.86. The number of aromatic hydroxyl groups is 1. The van der Waals surface area contributed by atoms with Crippen LogP contribution in [0.15, 0.2) is 80.5 Å². The lowest BCUT2D eigenvalue weighted by molar-refractivity contribution is 0.471. The van der Waals surface area contributed by atoms with E-state index in [-0.39, 0.29) is 16.5 Å². The summed E-state index contributed by atoms with van der Waals surface area (Å²) < 4.78 is 30.5. The Labute approximate surface area is 173 Å². The van der Waals surface area contributed by atoms with Crippen LogP contribution in [0.1, 0.15) is 16.7 Å². The van der Waals surface area contributed by atoms with Gasteiger partial charge in [0.25, 0.3) is 10.0 Å². The van der Waals surface area contributed by atoms with Crippen LogP contribution in [0.2, 0.25) is 0 Å². The lowest BCUT2D eigenvalue weighted by atomic mass is 10.1. The van der Waals surface area contributed by atoms with Gasteiger partial charge in [-0.1, -0.05) is 46.3 Å². The fourth-order valence-corrected chi connectivity index (χ4v) is 3.83. The van der Waals surface area contributed by atoms with Crippen molar-refractivity contribution in [2.24, 2.45) is 4.40 Å². The molecular formula is C21H19BrN2O3S. The zero-order chi connectivity index (χ0) is 20.3. The molecule has 7 heteroatoms. The Morgan fingerprint density at radius 2 is 1.61 bits per heavy atom. The molecular weight excluding hydrogens is 440 g/mol. The minimum atomic E-state index is -3.92. The number of amidine groups is 1. The lowest BCUT2D eigenvalue weighted by Gasteiger charge is -2.14. The monoisotopic (exact) mass is 458 g/mol. The number of hydrogen-bond donors (Lipinski definition) is 2. The third kappa shape index (κ3) is 4.61. The molecule has 0 atom stereocenters. The smallest absolute Gasteiger partial charge is 0.284 e. The van der Waals surface area contributed by atoms with Gasteiger partial charge in [-0.25, -0.2) is 0 Å². The van der Waals surface area contributed by atoms with Gasteiger partial charge in [-0.15, -0.1) is 4.40 Å². The van der Waals surface area contributed by atoms with Gasteiger partial charge in [0.1, 0.15) is 5.75 Å². The highest BCUT2D eigenvalue weighted by Crippen LogP contribution is 2.26. The highest BCUT2D eigenvalue weighted by Gasteiger charge is 2.17. The van der Waals surface area contributed by atoms with E-state index >= 15 is 0 Å². The van der Waals surface area contributed by atoms with Gasteiger partial charge in [0, 0.05) is 15.7 Å². The molecule has 0 aromatic heterocycles. The van der Waals surface area contributed by atoms with Crippen LogP contribution >= 0.6 is 15.9 Å². The number of halogens is 1. The van der Waals surface area contributed by atoms with Crippen LogP contribution in [0.4, 0.5) is 5.69 Å². The number of nitrogens with zero attached hydrogens (tertiary/aromatic N) is 1. The molecule has 0 fully saturated rings. The molecule has 0 amide bonds. The SMILES string of the molecule is Cc1cc(NC(=NS(=O)(=O)c2ccc(Br)cc2)c2ccccc2)c(C)cc1O. The summed E-state index contributed by atoms with van der Waals surface area (Å²) in [6.07, 6.45) is 0. The predicted molar refractivity (Wildman–Crippen MR) is 116 cm³/mol. The van der Waals surface area contributed by atoms with Crippen LogP contribution < -0.4 is 5.32 Å². The van der Waals surface area contributed by atoms with E-state index in [1.807, 2.05) is 25.1 Å². The number of anilines is 1. The average molecular weight is 459 g/mol. The Morgan fingerprint density at radius 1 is 0.964 bits per heavy atom. The van der Waals surface area contributed by atoms with E-state index in [2.05, 4.69) is 25.6 Å². The topological polar surface area (TPSA) is 78.8 Å². The maximum absolute atomic E-state index is 12.8. The highest BCUT2D eigenvalue weighted by atomic mass is 79.9. The third-order valence-electron chi connectivity index (χ3n) is 4.17. The van der Waals surface area contributed by atoms with Crippen molar-refractivity contribution < 1.29 is 13.5 Å². The number of hydrogen-bond acceptors (Lipinski definition) is 3. The molecule has 0 aliphatic rings. The predicted octanol–water partition coefficient (Wildman–Crippen LogP) is 5.02. The molecule has 0 bridgehead atoms. The quantitative estimate of drug-likeness (QED) is 0.326. The lowest BCUT2D eigenvalue weighted by Crippen LogP contribution is -2.17. The van der Waals surface area contributed by atoms with Crippen LogP contribution in [-0.4, -0.2) is 19.4 Å². The first kappa shape index (κ1) is 20.1. The van der Waals surface area contributed by atoms with Gasteiger partial charge in [0.05, 0.1) is 4.90 Å². The van der Waals surface area contributed by atoms with Crippen molar-refractivity contribution in [3.05, 3.63) is 87.9 Å². The van der Waals surface area contributed by atoms with Crippen molar-refractivity contribution in [1.82, 2.24) is 0 Å². The summed E-state index contributed by atoms with van der Waals surface area (Å²) in [6.45, 7) is 3.60. The Hall–Kier alpha value is -2.64. The second kappa shape index (κ2) is 8.16. The largest absolute Gasteiger partial charge is 0.508 e. The van der Waals surface area contributed by atoms with Crippen LogP contribution in [-0.2, 0) is 10.0 Å². The van der Waals surface area contributed by atoms with Gasteiger partial charge in [-0.2, -0.15) is 8.42 Å². The molecule has 0 heterocycles. The Balaban J connectivity index is 2.09. The molecule has 0 aliphatic carbocycles. The molecule has 3 rings (SSSR count). The van der Waals surface area contributed by atoms with Crippen molar-refractivity contribution in [2.45, 2.75) is 18.7 Å². The van der Waals surface area contributed by atoms with E-state index in [0.29, 0.717) is 16.8 Å². The maximum atomic E-state index is 12.8. The molecule has 0 unspecified atom stereocenters. The minimum Gasteiger partial charge on any atom is -0.508 e. The number of benzene rings is 3. The highest BCUT2D eigenvalue weighted by molar-refractivity contribution is 9.10. The Bertz CT molecular complexity index is 1130. The van der Waals surface area contributed by atoms with Crippen molar-refractivity contribution in [3.8, 4) is 5.75 Å². The zero-order valence-electron chi connectivity index (χ0n) is 15.3. The van der Waals surface area contributed by atoms with E-state index in [1.165, 1.54) is 12.1 Å². The van der Waals surface area contributed by atoms with Crippen LogP contribution in [0.25, 0.3) is 0 Å². The first-order chi connectivity index (χ1) is 13.3. The second-order valence-corrected chi connectivity index (χ2v) is 8.83. The van der Waals surface area contributed by atoms with Gasteiger partial charge < -0.3 is 10.4 Å². The summed E-state index contributed by atoms with van der Waals surface area (Å²) in [5, 5.41) is 13.0. The Morgan fingerprint density at radius 3 is 2.25 bits per heavy atom. The molecule has 144 valence electrons. The standard InChI is InChI=1S/C21H19BrN2O3S/c1-14-13-20(25)15(2)12-19(14)23-21(16-6-4-3-5-7-16)24-28(26,27)18-10-8-17(22)9-11-18/h3-13,25H,1-2H3,(H,23,24). The van der Waals surface area contributed by atoms with Gasteiger partial charge in [-0.3, -0.25) is 0 Å². The number of rotatable bonds is 4. The maximum Gasteiger partial charge on any atom is 0.284 e. The van der Waals surface area contributed by atoms with Gasteiger partial charge >= 0.3 is 0 Å². The van der Waals surface area contributed by atoms with Crippen LogP contribution in [0, 0.1) is 13.8 Å². The number of phenols is 1. The number of aryl methyl sites for hydroxylation is 2. The molecule has 0 spiro atoms. The van der Waals surface area contributed by atoms with Crippen LogP contribution in [0.3, 0.4) is 0 Å². The van der Waals surface area contributed by atoms with Crippen molar-refractivity contribution in [2.75, 3.05) is 5.32 Å². The molecule has 2 N–H and O–H groups in total. The van der Waals surface area contributed by atoms with Gasteiger partial charge in [-0.05, 0) is 61.4 Å². The molecule has 0 aliphatic heterocycles. The van der Waals surface area contributed by atoms with Gasteiger partial charge in [0.15, 0.2) is 5.84 Å². The van der Waals surface area contributed by atoms with Crippen molar-refractivity contribution in [3.63, 3.8) is 0 Å². The summed E-state index contributed by atoms with van der Waals surface area (Å²) in [6, 6.07) is 18.7. The van der Waals surface area contributed by atoms with E-state index in [1.54, 1.807) is 43.3 Å². The third-order valence-corrected chi connectivity index (χ3v) is 5.99. The summed E-state index contributed by atoms with van der Waals surface area (Å²) in [4.78, 5) is 0.101.